The van der Waals surface area contributed by atoms with Crippen LogP contribution in [-0.4, -0.2) is 6.85 Å². The zero-order valence-corrected chi connectivity index (χ0v) is 12.8. The number of para-hydroxylation sites is 1. The molecular weight excluding hydrogens is 265 g/mol. The molecule has 2 bridgehead atoms. The van der Waals surface area contributed by atoms with Crippen LogP contribution in [0.4, 0.5) is 5.69 Å². The Morgan fingerprint density at radius 1 is 0.773 bits per heavy atom. The number of benzene rings is 2. The zero-order chi connectivity index (χ0) is 14.8. The van der Waals surface area contributed by atoms with Gasteiger partial charge in [-0.1, -0.05) is 67.9 Å². The molecule has 2 aliphatic heterocycles. The van der Waals surface area contributed by atoms with Crippen molar-refractivity contribution in [3.8, 4) is 11.8 Å². The second-order valence-corrected chi connectivity index (χ2v) is 6.51. The van der Waals surface area contributed by atoms with E-state index in [1.54, 1.807) is 0 Å². The monoisotopic (exact) mass is 285 g/mol. The number of rotatable bonds is 2. The van der Waals surface area contributed by atoms with Crippen LogP contribution in [0.2, 0.25) is 11.6 Å². The molecule has 4 rings (SSSR count). The molecule has 0 atom stereocenters. The molecule has 0 spiro atoms. The highest BCUT2D eigenvalue weighted by atomic mass is 14.8. The number of nitrogens with one attached hydrogen (secondary N) is 1. The van der Waals surface area contributed by atoms with Gasteiger partial charge in [0.1, 0.15) is 0 Å². The van der Waals surface area contributed by atoms with E-state index in [9.17, 15) is 0 Å². The molecule has 2 fully saturated rings. The molecule has 2 saturated heterocycles. The van der Waals surface area contributed by atoms with E-state index < -0.39 is 0 Å². The SMILES string of the molecule is C(#Cc1ccccc1NB1C2CCC1CC2)c1ccccc1. The van der Waals surface area contributed by atoms with E-state index in [2.05, 4.69) is 53.5 Å². The predicted molar refractivity (Wildman–Crippen MR) is 94.2 cm³/mol. The summed E-state index contributed by atoms with van der Waals surface area (Å²) in [5.74, 6) is 8.37. The van der Waals surface area contributed by atoms with Crippen molar-refractivity contribution in [1.82, 2.24) is 0 Å². The van der Waals surface area contributed by atoms with E-state index >= 15 is 0 Å². The molecule has 2 aliphatic rings. The van der Waals surface area contributed by atoms with Crippen LogP contribution in [0.25, 0.3) is 0 Å². The van der Waals surface area contributed by atoms with E-state index in [0.717, 1.165) is 22.8 Å². The summed E-state index contributed by atoms with van der Waals surface area (Å²) in [6.07, 6.45) is 5.61. The van der Waals surface area contributed by atoms with Crippen molar-refractivity contribution in [1.29, 1.82) is 0 Å². The van der Waals surface area contributed by atoms with Gasteiger partial charge in [0.2, 0.25) is 0 Å². The number of anilines is 1. The highest BCUT2D eigenvalue weighted by molar-refractivity contribution is 6.67. The van der Waals surface area contributed by atoms with Gasteiger partial charge in [-0.15, -0.1) is 0 Å². The maximum atomic E-state index is 3.81. The van der Waals surface area contributed by atoms with Gasteiger partial charge in [0.25, 0.3) is 6.85 Å². The van der Waals surface area contributed by atoms with Gasteiger partial charge in [-0.3, -0.25) is 0 Å². The third kappa shape index (κ3) is 2.64. The molecule has 2 heteroatoms. The average molecular weight is 285 g/mol. The molecule has 1 N–H and O–H groups in total. The molecule has 0 aliphatic carbocycles. The predicted octanol–water partition coefficient (Wildman–Crippen LogP) is 4.82. The minimum Gasteiger partial charge on any atom is -0.426 e. The van der Waals surface area contributed by atoms with E-state index in [0.29, 0.717) is 6.85 Å². The van der Waals surface area contributed by atoms with Crippen LogP contribution in [0.15, 0.2) is 54.6 Å². The second kappa shape index (κ2) is 5.93. The number of hydrogen-bond donors (Lipinski definition) is 1. The van der Waals surface area contributed by atoms with E-state index in [4.69, 9.17) is 0 Å². The number of fused-ring (bicyclic) bond motifs is 2. The van der Waals surface area contributed by atoms with Crippen molar-refractivity contribution < 1.29 is 0 Å². The van der Waals surface area contributed by atoms with Gasteiger partial charge in [-0.05, 0) is 35.9 Å². The molecule has 108 valence electrons. The average Bonchev–Trinajstić information content (AvgIpc) is 3.14. The third-order valence-corrected chi connectivity index (χ3v) is 5.20. The smallest absolute Gasteiger partial charge is 0.258 e. The fraction of sp³-hybridized carbons (Fsp3) is 0.300. The van der Waals surface area contributed by atoms with Crippen molar-refractivity contribution in [2.24, 2.45) is 0 Å². The lowest BCUT2D eigenvalue weighted by Gasteiger charge is -2.16. The maximum Gasteiger partial charge on any atom is 0.258 e. The molecule has 2 aromatic rings. The molecule has 0 radical (unpaired) electrons. The summed E-state index contributed by atoms with van der Waals surface area (Å²) in [6.45, 7) is 0.666. The Kier molecular flexibility index (Phi) is 3.64. The molecule has 0 unspecified atom stereocenters. The summed E-state index contributed by atoms with van der Waals surface area (Å²) in [4.78, 5) is 0. The molecule has 0 amide bonds. The first-order valence-corrected chi connectivity index (χ1v) is 8.33. The van der Waals surface area contributed by atoms with Crippen molar-refractivity contribution in [2.75, 3.05) is 5.23 Å². The summed E-state index contributed by atoms with van der Waals surface area (Å²) in [5.41, 5.74) is 3.38. The van der Waals surface area contributed by atoms with Crippen LogP contribution in [0, 0.1) is 11.8 Å². The molecule has 0 saturated carbocycles. The highest BCUT2D eigenvalue weighted by Gasteiger charge is 2.45. The van der Waals surface area contributed by atoms with Gasteiger partial charge in [-0.2, -0.15) is 0 Å². The Morgan fingerprint density at radius 3 is 2.14 bits per heavy atom. The minimum atomic E-state index is 0.666. The van der Waals surface area contributed by atoms with Crippen molar-refractivity contribution in [3.63, 3.8) is 0 Å². The van der Waals surface area contributed by atoms with Crippen LogP contribution in [0.5, 0.6) is 0 Å². The first-order chi connectivity index (χ1) is 10.9. The molecule has 0 aromatic heterocycles. The Labute approximate surface area is 133 Å². The van der Waals surface area contributed by atoms with Gasteiger partial charge in [0.15, 0.2) is 0 Å². The summed E-state index contributed by atoms with van der Waals surface area (Å²) >= 11 is 0. The van der Waals surface area contributed by atoms with Crippen LogP contribution in [0.3, 0.4) is 0 Å². The molecule has 22 heavy (non-hydrogen) atoms. The highest BCUT2D eigenvalue weighted by Crippen LogP contribution is 2.51. The molecule has 1 nitrogen and oxygen atoms in total. The van der Waals surface area contributed by atoms with Crippen LogP contribution >= 0.6 is 0 Å². The fourth-order valence-corrected chi connectivity index (χ4v) is 4.04. The third-order valence-electron chi connectivity index (χ3n) is 5.20. The lowest BCUT2D eigenvalue weighted by molar-refractivity contribution is 0.565. The quantitative estimate of drug-likeness (QED) is 0.616. The Hall–Kier alpha value is -2.14. The van der Waals surface area contributed by atoms with E-state index in [-0.39, 0.29) is 0 Å². The van der Waals surface area contributed by atoms with Gasteiger partial charge in [0.05, 0.1) is 0 Å². The summed E-state index contributed by atoms with van der Waals surface area (Å²) in [5, 5.41) is 3.81. The zero-order valence-electron chi connectivity index (χ0n) is 12.8. The van der Waals surface area contributed by atoms with Gasteiger partial charge < -0.3 is 5.23 Å². The van der Waals surface area contributed by atoms with E-state index in [1.807, 2.05) is 18.2 Å². The molecule has 2 heterocycles. The molecule has 2 aromatic carbocycles. The van der Waals surface area contributed by atoms with Gasteiger partial charge in [0, 0.05) is 16.8 Å². The van der Waals surface area contributed by atoms with E-state index in [1.165, 1.54) is 31.4 Å². The number of hydrogen-bond acceptors (Lipinski definition) is 1. The Balaban J connectivity index is 1.58. The maximum absolute atomic E-state index is 3.81. The topological polar surface area (TPSA) is 12.0 Å². The first kappa shape index (κ1) is 13.5. The minimum absolute atomic E-state index is 0.666. The van der Waals surface area contributed by atoms with Crippen LogP contribution in [0.1, 0.15) is 36.8 Å². The van der Waals surface area contributed by atoms with Crippen LogP contribution in [-0.2, 0) is 0 Å². The standard InChI is InChI=1S/C20H20BN/c1-2-6-16(7-3-1)10-11-17-8-4-5-9-20(17)22-21-18-12-13-19(21)15-14-18/h1-9,18-19,22H,12-15H2. The summed E-state index contributed by atoms with van der Waals surface area (Å²) in [7, 11) is 0. The molecular formula is C20H20BN. The normalized spacial score (nSPS) is 22.3. The second-order valence-electron chi connectivity index (χ2n) is 6.51. The Bertz CT molecular complexity index is 693. The van der Waals surface area contributed by atoms with Crippen molar-refractivity contribution >= 4 is 12.5 Å². The van der Waals surface area contributed by atoms with Crippen molar-refractivity contribution in [3.05, 3.63) is 65.7 Å². The van der Waals surface area contributed by atoms with Gasteiger partial charge >= 0.3 is 0 Å². The Morgan fingerprint density at radius 2 is 1.41 bits per heavy atom. The summed E-state index contributed by atoms with van der Waals surface area (Å²) < 4.78 is 0. The van der Waals surface area contributed by atoms with Crippen molar-refractivity contribution in [2.45, 2.75) is 37.3 Å². The lowest BCUT2D eigenvalue weighted by atomic mass is 9.52. The van der Waals surface area contributed by atoms with Gasteiger partial charge in [-0.25, -0.2) is 0 Å². The summed E-state index contributed by atoms with van der Waals surface area (Å²) in [6, 6.07) is 18.7. The first-order valence-electron chi connectivity index (χ1n) is 8.33. The lowest BCUT2D eigenvalue weighted by Crippen LogP contribution is -2.26. The largest absolute Gasteiger partial charge is 0.426 e. The van der Waals surface area contributed by atoms with Crippen LogP contribution < -0.4 is 5.23 Å². The fourth-order valence-electron chi connectivity index (χ4n) is 4.04.